The Morgan fingerprint density at radius 3 is 2.84 bits per heavy atom. The summed E-state index contributed by atoms with van der Waals surface area (Å²) in [4.78, 5) is 27.8. The van der Waals surface area contributed by atoms with Crippen molar-refractivity contribution in [3.8, 4) is 10.6 Å². The smallest absolute Gasteiger partial charge is 0.348 e. The highest BCUT2D eigenvalue weighted by molar-refractivity contribution is 7.19. The summed E-state index contributed by atoms with van der Waals surface area (Å²) in [5, 5.41) is 14.0. The Bertz CT molecular complexity index is 590. The van der Waals surface area contributed by atoms with Gasteiger partial charge >= 0.3 is 5.97 Å². The van der Waals surface area contributed by atoms with Gasteiger partial charge in [-0.3, -0.25) is 4.79 Å². The third-order valence-electron chi connectivity index (χ3n) is 2.30. The lowest BCUT2D eigenvalue weighted by molar-refractivity contribution is -0.116. The molecule has 5 nitrogen and oxygen atoms in total. The average molecular weight is 296 g/mol. The molecule has 0 unspecified atom stereocenters. The fraction of sp³-hybridized carbons (Fsp3) is 0.250. The quantitative estimate of drug-likeness (QED) is 0.887. The van der Waals surface area contributed by atoms with Gasteiger partial charge in [0, 0.05) is 6.42 Å². The summed E-state index contributed by atoms with van der Waals surface area (Å²) < 4.78 is 0. The van der Waals surface area contributed by atoms with Crippen LogP contribution in [-0.2, 0) is 4.79 Å². The maximum absolute atomic E-state index is 11.5. The summed E-state index contributed by atoms with van der Waals surface area (Å²) in [6.07, 6.45) is 1.14. The van der Waals surface area contributed by atoms with E-state index in [0.29, 0.717) is 17.2 Å². The number of carboxylic acids is 1. The Hall–Kier alpha value is -1.73. The van der Waals surface area contributed by atoms with Crippen LogP contribution < -0.4 is 5.32 Å². The summed E-state index contributed by atoms with van der Waals surface area (Å²) in [7, 11) is 0. The van der Waals surface area contributed by atoms with Crippen molar-refractivity contribution in [3.05, 3.63) is 22.4 Å². The summed E-state index contributed by atoms with van der Waals surface area (Å²) in [5.41, 5.74) is 0.416. The molecule has 0 aliphatic heterocycles. The standard InChI is InChI=1S/C12H12N2O3S2/c1-2-4-8(15)13-12-14-9(7-5-3-6-18-7)10(19-12)11(16)17/h3,5-6H,2,4H2,1H3,(H,16,17)(H,13,14,15). The number of carboxylic acid groups (broad SMARTS) is 1. The predicted octanol–water partition coefficient (Wildman–Crippen LogP) is 3.31. The number of nitrogens with one attached hydrogen (secondary N) is 1. The molecule has 1 amide bonds. The fourth-order valence-electron chi connectivity index (χ4n) is 1.51. The van der Waals surface area contributed by atoms with Gasteiger partial charge in [0.1, 0.15) is 10.6 Å². The van der Waals surface area contributed by atoms with Gasteiger partial charge in [0.05, 0.1) is 4.88 Å². The highest BCUT2D eigenvalue weighted by Gasteiger charge is 2.20. The SMILES string of the molecule is CCCC(=O)Nc1nc(-c2cccs2)c(C(=O)O)s1. The maximum Gasteiger partial charge on any atom is 0.348 e. The third-order valence-corrected chi connectivity index (χ3v) is 4.13. The molecule has 0 bridgehead atoms. The zero-order chi connectivity index (χ0) is 13.8. The van der Waals surface area contributed by atoms with Crippen LogP contribution in [0.2, 0.25) is 0 Å². The van der Waals surface area contributed by atoms with Crippen molar-refractivity contribution in [2.24, 2.45) is 0 Å². The molecule has 2 aromatic heterocycles. The molecule has 0 spiro atoms. The number of aromatic nitrogens is 1. The number of nitrogens with zero attached hydrogens (tertiary/aromatic N) is 1. The van der Waals surface area contributed by atoms with E-state index in [2.05, 4.69) is 10.3 Å². The van der Waals surface area contributed by atoms with Gasteiger partial charge in [0.25, 0.3) is 0 Å². The molecule has 0 saturated heterocycles. The molecule has 0 aliphatic carbocycles. The normalized spacial score (nSPS) is 10.4. The summed E-state index contributed by atoms with van der Waals surface area (Å²) in [6.45, 7) is 1.90. The molecule has 100 valence electrons. The molecule has 0 radical (unpaired) electrons. The first kappa shape index (κ1) is 13.7. The topological polar surface area (TPSA) is 79.3 Å². The molecule has 0 aliphatic rings. The molecule has 7 heteroatoms. The molecule has 2 N–H and O–H groups in total. The van der Waals surface area contributed by atoms with E-state index in [1.54, 1.807) is 0 Å². The first-order valence-electron chi connectivity index (χ1n) is 5.69. The van der Waals surface area contributed by atoms with Crippen LogP contribution in [-0.4, -0.2) is 22.0 Å². The minimum absolute atomic E-state index is 0.147. The second-order valence-electron chi connectivity index (χ2n) is 3.78. The minimum Gasteiger partial charge on any atom is -0.477 e. The van der Waals surface area contributed by atoms with Crippen molar-refractivity contribution >= 4 is 39.7 Å². The van der Waals surface area contributed by atoms with E-state index in [4.69, 9.17) is 0 Å². The van der Waals surface area contributed by atoms with Crippen molar-refractivity contribution in [2.45, 2.75) is 19.8 Å². The van der Waals surface area contributed by atoms with Crippen molar-refractivity contribution in [3.63, 3.8) is 0 Å². The molecular weight excluding hydrogens is 284 g/mol. The second kappa shape index (κ2) is 5.94. The van der Waals surface area contributed by atoms with Gasteiger partial charge in [-0.1, -0.05) is 24.3 Å². The number of amides is 1. The Morgan fingerprint density at radius 2 is 2.26 bits per heavy atom. The number of aromatic carboxylic acids is 1. The molecule has 0 aromatic carbocycles. The molecule has 0 saturated carbocycles. The van der Waals surface area contributed by atoms with E-state index < -0.39 is 5.97 Å². The van der Waals surface area contributed by atoms with E-state index >= 15 is 0 Å². The van der Waals surface area contributed by atoms with E-state index in [0.717, 1.165) is 22.6 Å². The van der Waals surface area contributed by atoms with Crippen LogP contribution in [0.15, 0.2) is 17.5 Å². The van der Waals surface area contributed by atoms with E-state index in [1.165, 1.54) is 11.3 Å². The van der Waals surface area contributed by atoms with Crippen molar-refractivity contribution in [1.82, 2.24) is 4.98 Å². The molecule has 19 heavy (non-hydrogen) atoms. The van der Waals surface area contributed by atoms with Gasteiger partial charge in [-0.25, -0.2) is 9.78 Å². The number of hydrogen-bond acceptors (Lipinski definition) is 5. The molecule has 2 heterocycles. The number of anilines is 1. The Kier molecular flexibility index (Phi) is 4.28. The summed E-state index contributed by atoms with van der Waals surface area (Å²) in [6, 6.07) is 3.64. The molecule has 0 fully saturated rings. The van der Waals surface area contributed by atoms with Gasteiger partial charge in [0.2, 0.25) is 5.91 Å². The van der Waals surface area contributed by atoms with Crippen LogP contribution in [0.1, 0.15) is 29.4 Å². The average Bonchev–Trinajstić information content (AvgIpc) is 2.96. The highest BCUT2D eigenvalue weighted by Crippen LogP contribution is 2.33. The number of thiophene rings is 1. The molecule has 2 aromatic rings. The number of carbonyl (C=O) groups excluding carboxylic acids is 1. The maximum atomic E-state index is 11.5. The highest BCUT2D eigenvalue weighted by atomic mass is 32.1. The Labute approximate surface area is 117 Å². The predicted molar refractivity (Wildman–Crippen MR) is 75.9 cm³/mol. The number of carbonyl (C=O) groups is 2. The third kappa shape index (κ3) is 3.18. The van der Waals surface area contributed by atoms with Crippen LogP contribution in [0.3, 0.4) is 0 Å². The van der Waals surface area contributed by atoms with Gasteiger partial charge in [0.15, 0.2) is 5.13 Å². The number of hydrogen-bond donors (Lipinski definition) is 2. The zero-order valence-corrected chi connectivity index (χ0v) is 11.8. The summed E-state index contributed by atoms with van der Waals surface area (Å²) >= 11 is 2.40. The second-order valence-corrected chi connectivity index (χ2v) is 5.72. The Balaban J connectivity index is 2.31. The number of thiazole rings is 1. The first-order chi connectivity index (χ1) is 9.11. The van der Waals surface area contributed by atoms with Crippen molar-refractivity contribution in [1.29, 1.82) is 0 Å². The van der Waals surface area contributed by atoms with E-state index in [9.17, 15) is 14.7 Å². The number of rotatable bonds is 5. The zero-order valence-electron chi connectivity index (χ0n) is 10.2. The fourth-order valence-corrected chi connectivity index (χ4v) is 3.13. The molecular formula is C12H12N2O3S2. The lowest BCUT2D eigenvalue weighted by Gasteiger charge is -1.97. The largest absolute Gasteiger partial charge is 0.477 e. The van der Waals surface area contributed by atoms with Crippen LogP contribution >= 0.6 is 22.7 Å². The van der Waals surface area contributed by atoms with Crippen molar-refractivity contribution < 1.29 is 14.7 Å². The van der Waals surface area contributed by atoms with Crippen LogP contribution in [0.4, 0.5) is 5.13 Å². The van der Waals surface area contributed by atoms with Crippen LogP contribution in [0.25, 0.3) is 10.6 Å². The van der Waals surface area contributed by atoms with Gasteiger partial charge < -0.3 is 10.4 Å². The summed E-state index contributed by atoms with van der Waals surface area (Å²) in [5.74, 6) is -1.18. The van der Waals surface area contributed by atoms with Gasteiger partial charge in [-0.15, -0.1) is 11.3 Å². The lowest BCUT2D eigenvalue weighted by Crippen LogP contribution is -2.10. The van der Waals surface area contributed by atoms with Crippen molar-refractivity contribution in [2.75, 3.05) is 5.32 Å². The van der Waals surface area contributed by atoms with Gasteiger partial charge in [-0.2, -0.15) is 0 Å². The van der Waals surface area contributed by atoms with Gasteiger partial charge in [-0.05, 0) is 17.9 Å². The Morgan fingerprint density at radius 1 is 1.47 bits per heavy atom. The molecule has 0 atom stereocenters. The van der Waals surface area contributed by atoms with E-state index in [-0.39, 0.29) is 10.8 Å². The minimum atomic E-state index is -1.03. The van der Waals surface area contributed by atoms with E-state index in [1.807, 2.05) is 24.4 Å². The van der Waals surface area contributed by atoms with Crippen LogP contribution in [0, 0.1) is 0 Å². The monoisotopic (exact) mass is 296 g/mol. The van der Waals surface area contributed by atoms with Crippen LogP contribution in [0.5, 0.6) is 0 Å². The first-order valence-corrected chi connectivity index (χ1v) is 7.39. The lowest BCUT2D eigenvalue weighted by atomic mass is 10.3. The molecule has 2 rings (SSSR count).